The quantitative estimate of drug-likeness (QED) is 0.352. The molecule has 1 aromatic heterocycles. The second-order valence-electron chi connectivity index (χ2n) is 9.04. The number of aromatic nitrogens is 1. The van der Waals surface area contributed by atoms with Crippen molar-refractivity contribution in [1.82, 2.24) is 9.29 Å². The van der Waals surface area contributed by atoms with Crippen molar-refractivity contribution in [2.45, 2.75) is 58.5 Å². The number of hydrogen-bond acceptors (Lipinski definition) is 2. The summed E-state index contributed by atoms with van der Waals surface area (Å²) in [7, 11) is -3.64. The van der Waals surface area contributed by atoms with Gasteiger partial charge >= 0.3 is 0 Å². The molecule has 1 heterocycles. The molecular weight excluding hydrogens is 428 g/mol. The summed E-state index contributed by atoms with van der Waals surface area (Å²) >= 11 is 0. The molecule has 1 atom stereocenters. The SMILES string of the molecule is CCC(Cn1cc(-c2cccc(C)c2)c2ccccc21)NS(=O)(=O)c1c(C)cc(C)cc1C. The van der Waals surface area contributed by atoms with Gasteiger partial charge in [-0.1, -0.05) is 72.6 Å². The molecule has 1 N–H and O–H groups in total. The minimum absolute atomic E-state index is 0.226. The number of sulfonamides is 1. The largest absolute Gasteiger partial charge is 0.345 e. The van der Waals surface area contributed by atoms with Crippen LogP contribution in [0.4, 0.5) is 0 Å². The number of benzene rings is 3. The van der Waals surface area contributed by atoms with Gasteiger partial charge in [0, 0.05) is 35.2 Å². The van der Waals surface area contributed by atoms with E-state index in [1.165, 1.54) is 16.5 Å². The molecule has 0 amide bonds. The number of fused-ring (bicyclic) bond motifs is 1. The Balaban J connectivity index is 1.69. The Kier molecular flexibility index (Phi) is 6.46. The fourth-order valence-corrected chi connectivity index (χ4v) is 6.56. The summed E-state index contributed by atoms with van der Waals surface area (Å²) in [6, 6.07) is 20.4. The highest BCUT2D eigenvalue weighted by Crippen LogP contribution is 2.31. The second-order valence-corrected chi connectivity index (χ2v) is 10.7. The van der Waals surface area contributed by atoms with Gasteiger partial charge in [-0.2, -0.15) is 0 Å². The smallest absolute Gasteiger partial charge is 0.241 e. The van der Waals surface area contributed by atoms with E-state index in [-0.39, 0.29) is 6.04 Å². The van der Waals surface area contributed by atoms with Crippen LogP contribution >= 0.6 is 0 Å². The molecule has 5 heteroatoms. The van der Waals surface area contributed by atoms with Crippen LogP contribution in [0.5, 0.6) is 0 Å². The van der Waals surface area contributed by atoms with Crippen molar-refractivity contribution in [3.05, 3.63) is 89.1 Å². The third kappa shape index (κ3) is 4.75. The van der Waals surface area contributed by atoms with Gasteiger partial charge in [0.2, 0.25) is 10.0 Å². The van der Waals surface area contributed by atoms with Gasteiger partial charge < -0.3 is 4.57 Å². The molecule has 0 aliphatic heterocycles. The van der Waals surface area contributed by atoms with Crippen molar-refractivity contribution in [1.29, 1.82) is 0 Å². The summed E-state index contributed by atoms with van der Waals surface area (Å²) in [6.45, 7) is 10.4. The van der Waals surface area contributed by atoms with Crippen molar-refractivity contribution in [3.8, 4) is 11.1 Å². The number of hydrogen-bond donors (Lipinski definition) is 1. The maximum atomic E-state index is 13.4. The maximum Gasteiger partial charge on any atom is 0.241 e. The molecular formula is C28H32N2O2S. The van der Waals surface area contributed by atoms with Crippen LogP contribution in [0.15, 0.2) is 71.8 Å². The van der Waals surface area contributed by atoms with Gasteiger partial charge in [-0.05, 0) is 56.9 Å². The van der Waals surface area contributed by atoms with E-state index in [1.54, 1.807) is 0 Å². The molecule has 33 heavy (non-hydrogen) atoms. The number of aryl methyl sites for hydroxylation is 4. The van der Waals surface area contributed by atoms with E-state index in [1.807, 2.05) is 45.9 Å². The lowest BCUT2D eigenvalue weighted by Crippen LogP contribution is -2.38. The van der Waals surface area contributed by atoms with Crippen LogP contribution < -0.4 is 4.72 Å². The molecule has 0 aliphatic carbocycles. The van der Waals surface area contributed by atoms with Crippen LogP contribution in [0.25, 0.3) is 22.0 Å². The normalized spacial score (nSPS) is 12.9. The molecule has 0 radical (unpaired) electrons. The molecule has 4 aromatic rings. The molecule has 0 saturated carbocycles. The molecule has 0 saturated heterocycles. The van der Waals surface area contributed by atoms with Crippen LogP contribution in [0.2, 0.25) is 0 Å². The first-order chi connectivity index (χ1) is 15.7. The summed E-state index contributed by atoms with van der Waals surface area (Å²) in [5.74, 6) is 0. The summed E-state index contributed by atoms with van der Waals surface area (Å²) in [5.41, 5.74) is 7.29. The van der Waals surface area contributed by atoms with Gasteiger partial charge in [0.1, 0.15) is 0 Å². The van der Waals surface area contributed by atoms with Gasteiger partial charge in [-0.25, -0.2) is 13.1 Å². The van der Waals surface area contributed by atoms with Crippen LogP contribution in [-0.4, -0.2) is 19.0 Å². The fraction of sp³-hybridized carbons (Fsp3) is 0.286. The predicted octanol–water partition coefficient (Wildman–Crippen LogP) is 6.30. The third-order valence-corrected chi connectivity index (χ3v) is 8.05. The van der Waals surface area contributed by atoms with E-state index in [2.05, 4.69) is 64.9 Å². The van der Waals surface area contributed by atoms with Crippen molar-refractivity contribution in [2.75, 3.05) is 0 Å². The van der Waals surface area contributed by atoms with Crippen LogP contribution in [0.3, 0.4) is 0 Å². The zero-order chi connectivity index (χ0) is 23.8. The topological polar surface area (TPSA) is 51.1 Å². The molecule has 4 nitrogen and oxygen atoms in total. The van der Waals surface area contributed by atoms with Crippen molar-refractivity contribution in [3.63, 3.8) is 0 Å². The molecule has 3 aromatic carbocycles. The minimum atomic E-state index is -3.64. The number of nitrogens with zero attached hydrogens (tertiary/aromatic N) is 1. The van der Waals surface area contributed by atoms with E-state index in [0.717, 1.165) is 27.8 Å². The first-order valence-electron chi connectivity index (χ1n) is 11.4. The molecule has 172 valence electrons. The summed E-state index contributed by atoms with van der Waals surface area (Å²) < 4.78 is 31.9. The van der Waals surface area contributed by atoms with E-state index in [0.29, 0.717) is 17.9 Å². The predicted molar refractivity (Wildman–Crippen MR) is 137 cm³/mol. The molecule has 0 aliphatic rings. The van der Waals surface area contributed by atoms with Gasteiger partial charge in [0.15, 0.2) is 0 Å². The Labute approximate surface area is 197 Å². The lowest BCUT2D eigenvalue weighted by Gasteiger charge is -2.20. The van der Waals surface area contributed by atoms with Gasteiger partial charge in [-0.3, -0.25) is 0 Å². The first-order valence-corrected chi connectivity index (χ1v) is 12.9. The third-order valence-electron chi connectivity index (χ3n) is 6.22. The monoisotopic (exact) mass is 460 g/mol. The fourth-order valence-electron chi connectivity index (χ4n) is 4.80. The molecule has 0 fully saturated rings. The van der Waals surface area contributed by atoms with Crippen LogP contribution in [0.1, 0.15) is 35.6 Å². The number of rotatable bonds is 7. The van der Waals surface area contributed by atoms with Crippen molar-refractivity contribution in [2.24, 2.45) is 0 Å². The highest BCUT2D eigenvalue weighted by atomic mass is 32.2. The lowest BCUT2D eigenvalue weighted by atomic mass is 10.0. The molecule has 0 bridgehead atoms. The van der Waals surface area contributed by atoms with Gasteiger partial charge in [0.25, 0.3) is 0 Å². The van der Waals surface area contributed by atoms with E-state index < -0.39 is 10.0 Å². The Bertz CT molecular complexity index is 1390. The summed E-state index contributed by atoms with van der Waals surface area (Å²) in [6.07, 6.45) is 2.84. The molecule has 0 spiro atoms. The minimum Gasteiger partial charge on any atom is -0.345 e. The molecule has 1 unspecified atom stereocenters. The van der Waals surface area contributed by atoms with Crippen molar-refractivity contribution < 1.29 is 8.42 Å². The number of nitrogens with one attached hydrogen (secondary N) is 1. The average molecular weight is 461 g/mol. The van der Waals surface area contributed by atoms with Crippen LogP contribution in [-0.2, 0) is 16.6 Å². The maximum absolute atomic E-state index is 13.4. The Morgan fingerprint density at radius 1 is 0.879 bits per heavy atom. The Hall–Kier alpha value is -2.89. The van der Waals surface area contributed by atoms with E-state index in [9.17, 15) is 8.42 Å². The van der Waals surface area contributed by atoms with E-state index in [4.69, 9.17) is 0 Å². The number of para-hydroxylation sites is 1. The second kappa shape index (κ2) is 9.16. The standard InChI is InChI=1S/C28H32N2O2S/c1-6-24(29-33(31,32)28-21(4)14-20(3)15-22(28)5)17-30-18-26(23-11-9-10-19(2)16-23)25-12-7-8-13-27(25)30/h7-16,18,24,29H,6,17H2,1-5H3. The van der Waals surface area contributed by atoms with Crippen LogP contribution in [0, 0.1) is 27.7 Å². The van der Waals surface area contributed by atoms with Crippen molar-refractivity contribution >= 4 is 20.9 Å². The summed E-state index contributed by atoms with van der Waals surface area (Å²) in [4.78, 5) is 0.393. The first kappa shape index (κ1) is 23.3. The Morgan fingerprint density at radius 3 is 2.24 bits per heavy atom. The average Bonchev–Trinajstić information content (AvgIpc) is 3.10. The van der Waals surface area contributed by atoms with Gasteiger partial charge in [0.05, 0.1) is 4.90 Å². The molecule has 4 rings (SSSR count). The zero-order valence-corrected chi connectivity index (χ0v) is 20.8. The highest BCUT2D eigenvalue weighted by molar-refractivity contribution is 7.89. The zero-order valence-electron chi connectivity index (χ0n) is 20.0. The van der Waals surface area contributed by atoms with Gasteiger partial charge in [-0.15, -0.1) is 0 Å². The summed E-state index contributed by atoms with van der Waals surface area (Å²) in [5, 5.41) is 1.17. The highest BCUT2D eigenvalue weighted by Gasteiger charge is 2.24. The van der Waals surface area contributed by atoms with E-state index >= 15 is 0 Å². The Morgan fingerprint density at radius 2 is 1.58 bits per heavy atom. The lowest BCUT2D eigenvalue weighted by molar-refractivity contribution is 0.491.